The van der Waals surface area contributed by atoms with Gasteiger partial charge in [0.1, 0.15) is 4.90 Å². The fraction of sp³-hybridized carbons (Fsp3) is 0. The molecular formula is C7H7KN3O4S+. The second kappa shape index (κ2) is 6.42. The zero-order valence-electron chi connectivity index (χ0n) is 8.40. The maximum absolute atomic E-state index is 11.4. The molecule has 2 N–H and O–H groups in total. The number of rotatable bonds is 2. The molecule has 1 aromatic rings. The molecule has 1 aromatic carbocycles. The molecule has 1 rings (SSSR count). The van der Waals surface area contributed by atoms with Crippen LogP contribution < -0.4 is 57.1 Å². The van der Waals surface area contributed by atoms with Crippen LogP contribution in [0.3, 0.4) is 0 Å². The van der Waals surface area contributed by atoms with E-state index in [0.29, 0.717) is 0 Å². The van der Waals surface area contributed by atoms with Crippen LogP contribution in [0, 0.1) is 10.1 Å². The summed E-state index contributed by atoms with van der Waals surface area (Å²) in [5, 5.41) is 10.1. The number of hydrogen-bond acceptors (Lipinski definition) is 4. The third-order valence-electron chi connectivity index (χ3n) is 1.44. The van der Waals surface area contributed by atoms with Crippen molar-refractivity contribution in [3.8, 4) is 0 Å². The first-order valence-electron chi connectivity index (χ1n) is 3.73. The largest absolute Gasteiger partial charge is 1.00 e. The standard InChI is InChI=1S/C7H7N3O4S.K/c8-7(10(11)12)9-15(13,14)6-4-2-1-3-5-6;/h1-5H,(H2,8,9);/q;+1. The summed E-state index contributed by atoms with van der Waals surface area (Å²) in [6.45, 7) is 0. The fourth-order valence-electron chi connectivity index (χ4n) is 0.802. The average Bonchev–Trinajstić information content (AvgIpc) is 2.18. The molecule has 0 aliphatic rings. The Morgan fingerprint density at radius 3 is 2.25 bits per heavy atom. The van der Waals surface area contributed by atoms with E-state index in [1.54, 1.807) is 6.07 Å². The molecule has 0 spiro atoms. The van der Waals surface area contributed by atoms with Crippen LogP contribution in [0.4, 0.5) is 0 Å². The van der Waals surface area contributed by atoms with Crippen molar-refractivity contribution in [1.29, 1.82) is 0 Å². The zero-order chi connectivity index (χ0) is 11.5. The van der Waals surface area contributed by atoms with E-state index in [0.717, 1.165) is 0 Å². The molecule has 0 atom stereocenters. The molecule has 0 radical (unpaired) electrons. The van der Waals surface area contributed by atoms with Crippen molar-refractivity contribution in [2.75, 3.05) is 0 Å². The summed E-state index contributed by atoms with van der Waals surface area (Å²) in [5.41, 5.74) is 4.81. The Morgan fingerprint density at radius 1 is 1.31 bits per heavy atom. The van der Waals surface area contributed by atoms with Crippen LogP contribution in [0.15, 0.2) is 39.6 Å². The fourth-order valence-corrected chi connectivity index (χ4v) is 1.72. The normalized spacial score (nSPS) is 11.6. The number of sulfonamides is 1. The van der Waals surface area contributed by atoms with E-state index in [9.17, 15) is 18.5 Å². The number of benzene rings is 1. The van der Waals surface area contributed by atoms with E-state index in [-0.39, 0.29) is 56.3 Å². The van der Waals surface area contributed by atoms with Gasteiger partial charge in [-0.25, -0.2) is 0 Å². The zero-order valence-corrected chi connectivity index (χ0v) is 12.3. The van der Waals surface area contributed by atoms with Gasteiger partial charge in [-0.15, -0.1) is 0 Å². The molecule has 0 aliphatic heterocycles. The maximum atomic E-state index is 11.4. The Bertz CT molecular complexity index is 500. The van der Waals surface area contributed by atoms with Gasteiger partial charge in [-0.2, -0.15) is 8.42 Å². The van der Waals surface area contributed by atoms with Gasteiger partial charge in [0.25, 0.3) is 0 Å². The number of guanidine groups is 1. The van der Waals surface area contributed by atoms with E-state index in [1.165, 1.54) is 24.3 Å². The summed E-state index contributed by atoms with van der Waals surface area (Å²) in [4.78, 5) is 8.88. The minimum atomic E-state index is -4.08. The summed E-state index contributed by atoms with van der Waals surface area (Å²) < 4.78 is 25.6. The molecule has 0 unspecified atom stereocenters. The van der Waals surface area contributed by atoms with Gasteiger partial charge in [0.05, 0.1) is 0 Å². The molecule has 16 heavy (non-hydrogen) atoms. The van der Waals surface area contributed by atoms with Crippen molar-refractivity contribution in [3.63, 3.8) is 0 Å². The molecule has 0 saturated heterocycles. The van der Waals surface area contributed by atoms with E-state index >= 15 is 0 Å². The molecule has 7 nitrogen and oxygen atoms in total. The number of nitro groups is 1. The van der Waals surface area contributed by atoms with Gasteiger partial charge in [-0.3, -0.25) is 5.73 Å². The van der Waals surface area contributed by atoms with Crippen LogP contribution in [0.25, 0.3) is 0 Å². The van der Waals surface area contributed by atoms with Gasteiger partial charge in [0.15, 0.2) is 0 Å². The van der Waals surface area contributed by atoms with Crippen molar-refractivity contribution in [2.24, 2.45) is 10.1 Å². The van der Waals surface area contributed by atoms with Crippen LogP contribution in [0.5, 0.6) is 0 Å². The summed E-state index contributed by atoms with van der Waals surface area (Å²) in [5.74, 6) is -1.15. The van der Waals surface area contributed by atoms with Crippen LogP contribution >= 0.6 is 0 Å². The van der Waals surface area contributed by atoms with Crippen molar-refractivity contribution < 1.29 is 64.7 Å². The van der Waals surface area contributed by atoms with Crippen LogP contribution in [-0.4, -0.2) is 19.3 Å². The van der Waals surface area contributed by atoms with Crippen LogP contribution in [-0.2, 0) is 10.0 Å². The molecule has 0 bridgehead atoms. The second-order valence-electron chi connectivity index (χ2n) is 2.49. The Kier molecular flexibility index (Phi) is 6.29. The van der Waals surface area contributed by atoms with Gasteiger partial charge in [-0.1, -0.05) is 18.2 Å². The van der Waals surface area contributed by atoms with E-state index in [1.807, 2.05) is 0 Å². The Hall–Kier alpha value is -0.324. The first-order chi connectivity index (χ1) is 6.93. The van der Waals surface area contributed by atoms with Gasteiger partial charge < -0.3 is 10.1 Å². The molecule has 0 saturated carbocycles. The van der Waals surface area contributed by atoms with Crippen LogP contribution in [0.2, 0.25) is 0 Å². The van der Waals surface area contributed by atoms with Gasteiger partial charge >= 0.3 is 67.4 Å². The predicted molar refractivity (Wildman–Crippen MR) is 52.2 cm³/mol. The molecule has 9 heteroatoms. The Labute approximate surface area is 134 Å². The monoisotopic (exact) mass is 268 g/mol. The smallest absolute Gasteiger partial charge is 0.390 e. The third-order valence-corrected chi connectivity index (χ3v) is 2.74. The van der Waals surface area contributed by atoms with Gasteiger partial charge in [0, 0.05) is 4.40 Å². The molecule has 0 fully saturated rings. The summed E-state index contributed by atoms with van der Waals surface area (Å²) in [7, 11) is -4.08. The van der Waals surface area contributed by atoms with Crippen molar-refractivity contribution in [2.45, 2.75) is 4.90 Å². The Balaban J connectivity index is 0.00000225. The number of nitrogens with two attached hydrogens (primary N) is 1. The summed E-state index contributed by atoms with van der Waals surface area (Å²) >= 11 is 0. The molecule has 0 aliphatic carbocycles. The van der Waals surface area contributed by atoms with Crippen molar-refractivity contribution in [3.05, 3.63) is 40.4 Å². The van der Waals surface area contributed by atoms with Crippen LogP contribution in [0.1, 0.15) is 0 Å². The SMILES string of the molecule is N/C(=N\S(=O)(=O)c1ccccc1)[N+](=O)[O-].[K+]. The minimum Gasteiger partial charge on any atom is -0.390 e. The average molecular weight is 268 g/mol. The molecule has 0 heterocycles. The minimum absolute atomic E-state index is 0. The first kappa shape index (κ1) is 15.7. The van der Waals surface area contributed by atoms with E-state index in [4.69, 9.17) is 5.73 Å². The van der Waals surface area contributed by atoms with E-state index in [2.05, 4.69) is 4.40 Å². The molecule has 80 valence electrons. The van der Waals surface area contributed by atoms with Crippen molar-refractivity contribution in [1.82, 2.24) is 0 Å². The predicted octanol–water partition coefficient (Wildman–Crippen LogP) is -3.03. The second-order valence-corrected chi connectivity index (χ2v) is 4.10. The van der Waals surface area contributed by atoms with Gasteiger partial charge in [-0.05, 0) is 17.1 Å². The number of hydrogen-bond donors (Lipinski definition) is 1. The summed E-state index contributed by atoms with van der Waals surface area (Å²) in [6.07, 6.45) is 0. The van der Waals surface area contributed by atoms with E-state index < -0.39 is 20.9 Å². The molecular weight excluding hydrogens is 261 g/mol. The molecule has 0 amide bonds. The number of nitrogens with zero attached hydrogens (tertiary/aromatic N) is 2. The van der Waals surface area contributed by atoms with Gasteiger partial charge in [0.2, 0.25) is 0 Å². The van der Waals surface area contributed by atoms with Crippen molar-refractivity contribution >= 4 is 16.0 Å². The Morgan fingerprint density at radius 2 is 1.81 bits per heavy atom. The quantitative estimate of drug-likeness (QED) is 0.201. The third kappa shape index (κ3) is 4.27. The molecule has 0 aromatic heterocycles. The first-order valence-corrected chi connectivity index (χ1v) is 5.17. The summed E-state index contributed by atoms with van der Waals surface area (Å²) in [6, 6.07) is 7.10. The topological polar surface area (TPSA) is 116 Å². The maximum Gasteiger partial charge on any atom is 1.00 e.